The molecular weight excluding hydrogens is 510 g/mol. The third kappa shape index (κ3) is 5.47. The number of carbonyl (C=O) groups excluding carboxylic acids is 2. The van der Waals surface area contributed by atoms with Crippen molar-refractivity contribution in [1.82, 2.24) is 4.90 Å². The second-order valence-corrected chi connectivity index (χ2v) is 9.25. The number of halogens is 1. The van der Waals surface area contributed by atoms with Crippen molar-refractivity contribution in [2.24, 2.45) is 0 Å². The number of ketones is 1. The molecular formula is C28H26BrNO5. The van der Waals surface area contributed by atoms with Crippen LogP contribution in [0.25, 0.3) is 5.76 Å². The van der Waals surface area contributed by atoms with Crippen molar-refractivity contribution in [3.63, 3.8) is 0 Å². The average molecular weight is 536 g/mol. The molecule has 0 radical (unpaired) electrons. The highest BCUT2D eigenvalue weighted by molar-refractivity contribution is 9.10. The highest BCUT2D eigenvalue weighted by atomic mass is 79.9. The Bertz CT molecular complexity index is 1250. The maximum Gasteiger partial charge on any atom is 0.295 e. The molecule has 0 spiro atoms. The van der Waals surface area contributed by atoms with Crippen LogP contribution in [0.3, 0.4) is 0 Å². The number of methoxy groups -OCH3 is 1. The largest absolute Gasteiger partial charge is 0.507 e. The van der Waals surface area contributed by atoms with E-state index in [4.69, 9.17) is 9.47 Å². The molecule has 3 aromatic rings. The van der Waals surface area contributed by atoms with Gasteiger partial charge in [0, 0.05) is 23.7 Å². The van der Waals surface area contributed by atoms with Crippen LogP contribution < -0.4 is 4.74 Å². The van der Waals surface area contributed by atoms with Crippen LogP contribution in [0.5, 0.6) is 5.75 Å². The van der Waals surface area contributed by atoms with Crippen LogP contribution in [0.4, 0.5) is 0 Å². The summed E-state index contributed by atoms with van der Waals surface area (Å²) in [5.74, 6) is -1.01. The van der Waals surface area contributed by atoms with E-state index in [0.717, 1.165) is 10.0 Å². The number of benzene rings is 3. The summed E-state index contributed by atoms with van der Waals surface area (Å²) >= 11 is 3.37. The number of amides is 1. The molecule has 4 rings (SSSR count). The smallest absolute Gasteiger partial charge is 0.295 e. The Morgan fingerprint density at radius 1 is 1.03 bits per heavy atom. The van der Waals surface area contributed by atoms with Gasteiger partial charge < -0.3 is 19.5 Å². The number of ether oxygens (including phenoxy) is 2. The van der Waals surface area contributed by atoms with Gasteiger partial charge in [-0.1, -0.05) is 70.0 Å². The summed E-state index contributed by atoms with van der Waals surface area (Å²) < 4.78 is 12.0. The van der Waals surface area contributed by atoms with Gasteiger partial charge >= 0.3 is 0 Å². The van der Waals surface area contributed by atoms with Crippen molar-refractivity contribution in [2.45, 2.75) is 19.6 Å². The minimum absolute atomic E-state index is 0.0455. The summed E-state index contributed by atoms with van der Waals surface area (Å²) in [5, 5.41) is 11.1. The summed E-state index contributed by atoms with van der Waals surface area (Å²) in [6.07, 6.45) is 0. The van der Waals surface area contributed by atoms with E-state index in [1.54, 1.807) is 30.3 Å². The molecule has 1 N–H and O–H groups in total. The van der Waals surface area contributed by atoms with E-state index >= 15 is 0 Å². The Hall–Kier alpha value is -3.42. The molecule has 1 heterocycles. The molecule has 0 bridgehead atoms. The van der Waals surface area contributed by atoms with Crippen LogP contribution in [0, 0.1) is 6.92 Å². The van der Waals surface area contributed by atoms with Crippen molar-refractivity contribution in [1.29, 1.82) is 0 Å². The summed E-state index contributed by atoms with van der Waals surface area (Å²) in [6.45, 7) is 2.87. The number of Topliss-reactive ketones (excluding diaryl/α,β-unsaturated/α-hetero) is 1. The van der Waals surface area contributed by atoms with E-state index in [0.29, 0.717) is 23.5 Å². The number of aliphatic hydroxyl groups excluding tert-OH is 1. The van der Waals surface area contributed by atoms with Crippen molar-refractivity contribution >= 4 is 33.4 Å². The van der Waals surface area contributed by atoms with Crippen molar-refractivity contribution in [2.75, 3.05) is 20.3 Å². The summed E-state index contributed by atoms with van der Waals surface area (Å²) in [7, 11) is 1.53. The predicted molar refractivity (Wildman–Crippen MR) is 137 cm³/mol. The van der Waals surface area contributed by atoms with Gasteiger partial charge in [-0.15, -0.1) is 0 Å². The Labute approximate surface area is 212 Å². The second kappa shape index (κ2) is 10.9. The minimum atomic E-state index is -0.767. The molecule has 1 aliphatic rings. The number of carbonyl (C=O) groups is 2. The maximum absolute atomic E-state index is 13.1. The van der Waals surface area contributed by atoms with Crippen LogP contribution in [0.2, 0.25) is 0 Å². The zero-order valence-corrected chi connectivity index (χ0v) is 21.1. The normalized spacial score (nSPS) is 17.1. The number of hydrogen-bond acceptors (Lipinski definition) is 5. The minimum Gasteiger partial charge on any atom is -0.507 e. The van der Waals surface area contributed by atoms with Gasteiger partial charge in [0.25, 0.3) is 11.7 Å². The Morgan fingerprint density at radius 2 is 1.74 bits per heavy atom. The molecule has 6 nitrogen and oxygen atoms in total. The third-order valence-electron chi connectivity index (χ3n) is 5.89. The first-order chi connectivity index (χ1) is 16.9. The van der Waals surface area contributed by atoms with Crippen molar-refractivity contribution in [3.8, 4) is 5.75 Å². The fraction of sp³-hybridized carbons (Fsp3) is 0.214. The van der Waals surface area contributed by atoms with Gasteiger partial charge in [0.15, 0.2) is 0 Å². The molecule has 1 unspecified atom stereocenters. The second-order valence-electron chi connectivity index (χ2n) is 8.34. The fourth-order valence-corrected chi connectivity index (χ4v) is 4.30. The molecule has 1 atom stereocenters. The monoisotopic (exact) mass is 535 g/mol. The number of hydrogen-bond donors (Lipinski definition) is 1. The topological polar surface area (TPSA) is 76.1 Å². The molecule has 1 fully saturated rings. The Kier molecular flexibility index (Phi) is 7.68. The molecule has 7 heteroatoms. The standard InChI is InChI=1S/C28H26BrNO5/c1-18-6-8-19(9-7-18)17-35-23-5-3-4-21(16-23)25-24(26(31)20-10-12-22(29)13-11-20)27(32)28(33)30(25)14-15-34-2/h3-13,16,25,31H,14-15,17H2,1-2H3/b26-24-. The molecule has 0 aromatic heterocycles. The number of aryl methyl sites for hydroxylation is 1. The predicted octanol–water partition coefficient (Wildman–Crippen LogP) is 5.40. The summed E-state index contributed by atoms with van der Waals surface area (Å²) in [6, 6.07) is 21.5. The lowest BCUT2D eigenvalue weighted by Crippen LogP contribution is -2.32. The van der Waals surface area contributed by atoms with Gasteiger partial charge in [0.2, 0.25) is 0 Å². The lowest BCUT2D eigenvalue weighted by Gasteiger charge is -2.25. The zero-order valence-electron chi connectivity index (χ0n) is 19.5. The first-order valence-electron chi connectivity index (χ1n) is 11.2. The average Bonchev–Trinajstić information content (AvgIpc) is 3.12. The molecule has 1 aliphatic heterocycles. The van der Waals surface area contributed by atoms with Crippen molar-refractivity contribution < 1.29 is 24.2 Å². The number of rotatable bonds is 8. The van der Waals surface area contributed by atoms with Crippen LogP contribution in [-0.2, 0) is 20.9 Å². The van der Waals surface area contributed by atoms with Crippen molar-refractivity contribution in [3.05, 3.63) is 105 Å². The van der Waals surface area contributed by atoms with E-state index < -0.39 is 17.7 Å². The maximum atomic E-state index is 13.1. The first-order valence-corrected chi connectivity index (χ1v) is 12.0. The van der Waals surface area contributed by atoms with E-state index in [9.17, 15) is 14.7 Å². The molecule has 35 heavy (non-hydrogen) atoms. The highest BCUT2D eigenvalue weighted by Gasteiger charge is 2.46. The van der Waals surface area contributed by atoms with E-state index in [1.165, 1.54) is 17.6 Å². The highest BCUT2D eigenvalue weighted by Crippen LogP contribution is 2.40. The summed E-state index contributed by atoms with van der Waals surface area (Å²) in [5.41, 5.74) is 3.37. The first kappa shape index (κ1) is 24.7. The van der Waals surface area contributed by atoms with Gasteiger partial charge in [-0.3, -0.25) is 9.59 Å². The number of nitrogens with zero attached hydrogens (tertiary/aromatic N) is 1. The lowest BCUT2D eigenvalue weighted by atomic mass is 9.95. The molecule has 1 saturated heterocycles. The van der Waals surface area contributed by atoms with E-state index in [-0.39, 0.29) is 24.5 Å². The Morgan fingerprint density at radius 3 is 2.43 bits per heavy atom. The Balaban J connectivity index is 1.71. The van der Waals surface area contributed by atoms with Gasteiger partial charge in [-0.05, 0) is 42.3 Å². The lowest BCUT2D eigenvalue weighted by molar-refractivity contribution is -0.140. The summed E-state index contributed by atoms with van der Waals surface area (Å²) in [4.78, 5) is 27.5. The zero-order chi connectivity index (χ0) is 24.9. The van der Waals surface area contributed by atoms with Crippen LogP contribution >= 0.6 is 15.9 Å². The van der Waals surface area contributed by atoms with Crippen LogP contribution in [0.1, 0.15) is 28.3 Å². The van der Waals surface area contributed by atoms with Gasteiger partial charge in [-0.2, -0.15) is 0 Å². The molecule has 0 saturated carbocycles. The SMILES string of the molecule is COCCN1C(=O)C(=O)/C(=C(\O)c2ccc(Br)cc2)C1c1cccc(OCc2ccc(C)cc2)c1. The van der Waals surface area contributed by atoms with E-state index in [2.05, 4.69) is 15.9 Å². The molecule has 180 valence electrons. The molecule has 3 aromatic carbocycles. The van der Waals surface area contributed by atoms with Gasteiger partial charge in [0.05, 0.1) is 18.2 Å². The third-order valence-corrected chi connectivity index (χ3v) is 6.42. The molecule has 0 aliphatic carbocycles. The quantitative estimate of drug-likeness (QED) is 0.237. The van der Waals surface area contributed by atoms with Gasteiger partial charge in [-0.25, -0.2) is 0 Å². The van der Waals surface area contributed by atoms with Crippen LogP contribution in [0.15, 0.2) is 82.8 Å². The van der Waals surface area contributed by atoms with Crippen LogP contribution in [-0.4, -0.2) is 42.0 Å². The number of aliphatic hydroxyl groups is 1. The fourth-order valence-electron chi connectivity index (χ4n) is 4.04. The van der Waals surface area contributed by atoms with E-state index in [1.807, 2.05) is 49.4 Å². The number of likely N-dealkylation sites (tertiary alicyclic amines) is 1. The van der Waals surface area contributed by atoms with Gasteiger partial charge in [0.1, 0.15) is 18.1 Å². The molecule has 1 amide bonds.